The monoisotopic (exact) mass is 276 g/mol. The molecule has 1 heterocycles. The molecule has 0 aliphatic carbocycles. The third-order valence-corrected chi connectivity index (χ3v) is 3.56. The number of fused-ring (bicyclic) bond motifs is 1. The summed E-state index contributed by atoms with van der Waals surface area (Å²) in [7, 11) is 3.21. The van der Waals surface area contributed by atoms with E-state index in [0.717, 1.165) is 16.7 Å². The second-order valence-electron chi connectivity index (χ2n) is 4.77. The number of benzene rings is 1. The van der Waals surface area contributed by atoms with Crippen LogP contribution in [0.25, 0.3) is 11.0 Å². The molecule has 1 aromatic carbocycles. The van der Waals surface area contributed by atoms with Crippen molar-refractivity contribution in [2.45, 2.75) is 19.1 Å². The van der Waals surface area contributed by atoms with Crippen LogP contribution < -0.4 is 5.73 Å². The van der Waals surface area contributed by atoms with Gasteiger partial charge in [0, 0.05) is 26.1 Å². The van der Waals surface area contributed by atoms with Gasteiger partial charge in [0.05, 0.1) is 6.04 Å². The first kappa shape index (κ1) is 14.6. The topological polar surface area (TPSA) is 68.7 Å². The maximum absolute atomic E-state index is 12.2. The summed E-state index contributed by atoms with van der Waals surface area (Å²) in [6.45, 7) is 2.07. The fourth-order valence-electron chi connectivity index (χ4n) is 2.11. The van der Waals surface area contributed by atoms with Crippen LogP contribution in [0.5, 0.6) is 0 Å². The SMILES string of the molecule is COC(CN)C(=O)N(C)C(C)c1cc2ccccc2o1. The predicted octanol–water partition coefficient (Wildman–Crippen LogP) is 1.93. The maximum Gasteiger partial charge on any atom is 0.253 e. The highest BCUT2D eigenvalue weighted by Gasteiger charge is 2.26. The van der Waals surface area contributed by atoms with Crippen molar-refractivity contribution in [1.29, 1.82) is 0 Å². The van der Waals surface area contributed by atoms with E-state index in [4.69, 9.17) is 14.9 Å². The molecular formula is C15H20N2O3. The van der Waals surface area contributed by atoms with E-state index in [2.05, 4.69) is 0 Å². The number of nitrogens with zero attached hydrogens (tertiary/aromatic N) is 1. The minimum Gasteiger partial charge on any atom is -0.459 e. The predicted molar refractivity (Wildman–Crippen MR) is 77.3 cm³/mol. The molecule has 1 amide bonds. The minimum atomic E-state index is -0.619. The molecule has 2 aromatic rings. The Labute approximate surface area is 118 Å². The molecule has 0 radical (unpaired) electrons. The van der Waals surface area contributed by atoms with Gasteiger partial charge < -0.3 is 19.8 Å². The molecule has 1 aromatic heterocycles. The number of para-hydroxylation sites is 1. The van der Waals surface area contributed by atoms with Gasteiger partial charge in [-0.05, 0) is 19.1 Å². The minimum absolute atomic E-state index is 0.150. The molecule has 2 rings (SSSR count). The van der Waals surface area contributed by atoms with Gasteiger partial charge in [0.25, 0.3) is 5.91 Å². The van der Waals surface area contributed by atoms with Gasteiger partial charge in [0.15, 0.2) is 0 Å². The normalized spacial score (nSPS) is 14.2. The quantitative estimate of drug-likeness (QED) is 0.906. The Morgan fingerprint density at radius 1 is 1.45 bits per heavy atom. The molecule has 0 fully saturated rings. The summed E-state index contributed by atoms with van der Waals surface area (Å²) in [5, 5.41) is 1.03. The van der Waals surface area contributed by atoms with E-state index in [-0.39, 0.29) is 18.5 Å². The lowest BCUT2D eigenvalue weighted by Gasteiger charge is -2.26. The first-order valence-electron chi connectivity index (χ1n) is 6.56. The molecule has 5 nitrogen and oxygen atoms in total. The van der Waals surface area contributed by atoms with E-state index in [9.17, 15) is 4.79 Å². The summed E-state index contributed by atoms with van der Waals surface area (Å²) >= 11 is 0. The number of amides is 1. The van der Waals surface area contributed by atoms with E-state index < -0.39 is 6.10 Å². The maximum atomic E-state index is 12.2. The average Bonchev–Trinajstić information content (AvgIpc) is 2.90. The molecule has 2 unspecified atom stereocenters. The lowest BCUT2D eigenvalue weighted by molar-refractivity contribution is -0.142. The van der Waals surface area contributed by atoms with E-state index >= 15 is 0 Å². The molecule has 0 bridgehead atoms. The Morgan fingerprint density at radius 3 is 2.75 bits per heavy atom. The van der Waals surface area contributed by atoms with Crippen LogP contribution in [-0.4, -0.2) is 37.6 Å². The lowest BCUT2D eigenvalue weighted by Crippen LogP contribution is -2.42. The van der Waals surface area contributed by atoms with Crippen molar-refractivity contribution < 1.29 is 13.9 Å². The number of methoxy groups -OCH3 is 1. The largest absolute Gasteiger partial charge is 0.459 e. The summed E-state index contributed by atoms with van der Waals surface area (Å²) in [5.74, 6) is 0.594. The van der Waals surface area contributed by atoms with Gasteiger partial charge in [0.2, 0.25) is 0 Å². The number of nitrogens with two attached hydrogens (primary N) is 1. The Hall–Kier alpha value is -1.85. The number of furan rings is 1. The zero-order valence-corrected chi connectivity index (χ0v) is 12.0. The third-order valence-electron chi connectivity index (χ3n) is 3.56. The van der Waals surface area contributed by atoms with Crippen LogP contribution in [0, 0.1) is 0 Å². The van der Waals surface area contributed by atoms with Crippen LogP contribution in [0.15, 0.2) is 34.7 Å². The summed E-state index contributed by atoms with van der Waals surface area (Å²) in [5.41, 5.74) is 6.34. The van der Waals surface area contributed by atoms with Gasteiger partial charge in [0.1, 0.15) is 17.4 Å². The number of carbonyl (C=O) groups excluding carboxylic acids is 1. The van der Waals surface area contributed by atoms with Crippen LogP contribution >= 0.6 is 0 Å². The van der Waals surface area contributed by atoms with Gasteiger partial charge in [-0.1, -0.05) is 18.2 Å². The molecule has 0 aliphatic rings. The smallest absolute Gasteiger partial charge is 0.253 e. The number of likely N-dealkylation sites (N-methyl/N-ethyl adjacent to an activating group) is 1. The fraction of sp³-hybridized carbons (Fsp3) is 0.400. The Kier molecular flexibility index (Phi) is 4.42. The summed E-state index contributed by atoms with van der Waals surface area (Å²) in [6, 6.07) is 9.54. The summed E-state index contributed by atoms with van der Waals surface area (Å²) in [6.07, 6.45) is -0.619. The van der Waals surface area contributed by atoms with Crippen molar-refractivity contribution in [3.05, 3.63) is 36.1 Å². The van der Waals surface area contributed by atoms with E-state index in [1.165, 1.54) is 7.11 Å². The van der Waals surface area contributed by atoms with Crippen molar-refractivity contribution in [2.75, 3.05) is 20.7 Å². The van der Waals surface area contributed by atoms with Crippen LogP contribution in [0.4, 0.5) is 0 Å². The van der Waals surface area contributed by atoms with Gasteiger partial charge in [-0.25, -0.2) is 0 Å². The van der Waals surface area contributed by atoms with Crippen LogP contribution in [0.3, 0.4) is 0 Å². The highest BCUT2D eigenvalue weighted by atomic mass is 16.5. The van der Waals surface area contributed by atoms with Gasteiger partial charge in [-0.15, -0.1) is 0 Å². The fourth-order valence-corrected chi connectivity index (χ4v) is 2.11. The highest BCUT2D eigenvalue weighted by Crippen LogP contribution is 2.26. The number of hydrogen-bond acceptors (Lipinski definition) is 4. The molecule has 0 saturated heterocycles. The average molecular weight is 276 g/mol. The Bertz CT molecular complexity index is 557. The van der Waals surface area contributed by atoms with Gasteiger partial charge in [-0.2, -0.15) is 0 Å². The summed E-state index contributed by atoms with van der Waals surface area (Å²) in [4.78, 5) is 13.8. The lowest BCUT2D eigenvalue weighted by atomic mass is 10.2. The second kappa shape index (κ2) is 6.07. The molecule has 0 aliphatic heterocycles. The van der Waals surface area contributed by atoms with Crippen LogP contribution in [0.2, 0.25) is 0 Å². The standard InChI is InChI=1S/C15H20N2O3/c1-10(17(2)15(18)14(9-16)19-3)13-8-11-6-4-5-7-12(11)20-13/h4-8,10,14H,9,16H2,1-3H3. The van der Waals surface area contributed by atoms with Crippen molar-refractivity contribution in [2.24, 2.45) is 5.73 Å². The van der Waals surface area contributed by atoms with Gasteiger partial charge >= 0.3 is 0 Å². The Morgan fingerprint density at radius 2 is 2.15 bits per heavy atom. The van der Waals surface area contributed by atoms with E-state index in [1.54, 1.807) is 11.9 Å². The van der Waals surface area contributed by atoms with Crippen LogP contribution in [-0.2, 0) is 9.53 Å². The highest BCUT2D eigenvalue weighted by molar-refractivity contribution is 5.82. The molecule has 20 heavy (non-hydrogen) atoms. The number of hydrogen-bond donors (Lipinski definition) is 1. The first-order chi connectivity index (χ1) is 9.58. The van der Waals surface area contributed by atoms with E-state index in [1.807, 2.05) is 37.3 Å². The number of rotatable bonds is 5. The van der Waals surface area contributed by atoms with E-state index in [0.29, 0.717) is 0 Å². The summed E-state index contributed by atoms with van der Waals surface area (Å²) < 4.78 is 10.9. The molecule has 0 spiro atoms. The van der Waals surface area contributed by atoms with Crippen LogP contribution in [0.1, 0.15) is 18.7 Å². The Balaban J connectivity index is 2.21. The van der Waals surface area contributed by atoms with Crippen molar-refractivity contribution in [1.82, 2.24) is 4.90 Å². The van der Waals surface area contributed by atoms with Crippen molar-refractivity contribution in [3.63, 3.8) is 0 Å². The molecule has 2 N–H and O–H groups in total. The number of carbonyl (C=O) groups is 1. The molecule has 0 saturated carbocycles. The van der Waals surface area contributed by atoms with Gasteiger partial charge in [-0.3, -0.25) is 4.79 Å². The third kappa shape index (κ3) is 2.69. The molecular weight excluding hydrogens is 256 g/mol. The second-order valence-corrected chi connectivity index (χ2v) is 4.77. The molecule has 108 valence electrons. The zero-order valence-electron chi connectivity index (χ0n) is 12.0. The van der Waals surface area contributed by atoms with Crippen molar-refractivity contribution in [3.8, 4) is 0 Å². The first-order valence-corrected chi connectivity index (χ1v) is 6.56. The molecule has 2 atom stereocenters. The zero-order chi connectivity index (χ0) is 14.7. The number of ether oxygens (including phenoxy) is 1. The van der Waals surface area contributed by atoms with Crippen molar-refractivity contribution >= 4 is 16.9 Å². The molecule has 5 heteroatoms.